The van der Waals surface area contributed by atoms with Crippen molar-refractivity contribution in [2.75, 3.05) is 10.6 Å². The molecule has 1 aliphatic rings. The predicted molar refractivity (Wildman–Crippen MR) is 114 cm³/mol. The highest BCUT2D eigenvalue weighted by molar-refractivity contribution is 5.99. The maximum absolute atomic E-state index is 13.1. The lowest BCUT2D eigenvalue weighted by Crippen LogP contribution is -2.15. The van der Waals surface area contributed by atoms with Crippen molar-refractivity contribution in [2.45, 2.75) is 38.8 Å². The van der Waals surface area contributed by atoms with E-state index in [1.165, 1.54) is 16.8 Å². The predicted octanol–water partition coefficient (Wildman–Crippen LogP) is 4.66. The number of rotatable bonds is 6. The molecule has 0 saturated heterocycles. The summed E-state index contributed by atoms with van der Waals surface area (Å²) < 4.78 is 40.5. The molecule has 32 heavy (non-hydrogen) atoms. The molecule has 0 aliphatic carbocycles. The van der Waals surface area contributed by atoms with Crippen LogP contribution in [0.5, 0.6) is 0 Å². The van der Waals surface area contributed by atoms with Crippen molar-refractivity contribution in [3.63, 3.8) is 0 Å². The third-order valence-corrected chi connectivity index (χ3v) is 5.18. The van der Waals surface area contributed by atoms with Gasteiger partial charge in [-0.3, -0.25) is 9.59 Å². The lowest BCUT2D eigenvalue weighted by atomic mass is 10.0. The number of halogens is 3. The molecule has 0 radical (unpaired) electrons. The third-order valence-electron chi connectivity index (χ3n) is 5.18. The molecule has 2 amide bonds. The van der Waals surface area contributed by atoms with Gasteiger partial charge in [-0.2, -0.15) is 18.3 Å². The normalized spacial score (nSPS) is 13.1. The second-order valence-electron chi connectivity index (χ2n) is 7.75. The van der Waals surface area contributed by atoms with E-state index in [-0.39, 0.29) is 23.9 Å². The Bertz CT molecular complexity index is 1180. The number of carbonyl (C=O) groups is 2. The van der Waals surface area contributed by atoms with E-state index in [0.717, 1.165) is 28.9 Å². The van der Waals surface area contributed by atoms with Crippen LogP contribution in [-0.4, -0.2) is 21.6 Å². The molecule has 0 bridgehead atoms. The average Bonchev–Trinajstić information content (AvgIpc) is 3.28. The van der Waals surface area contributed by atoms with E-state index in [2.05, 4.69) is 15.7 Å². The first-order valence-electron chi connectivity index (χ1n) is 10.1. The number of nitrogens with zero attached hydrogens (tertiary/aromatic N) is 2. The zero-order valence-corrected chi connectivity index (χ0v) is 17.3. The van der Waals surface area contributed by atoms with Crippen molar-refractivity contribution >= 4 is 23.3 Å². The summed E-state index contributed by atoms with van der Waals surface area (Å²) in [6.45, 7) is 1.70. The number of aryl methyl sites for hydroxylation is 2. The molecule has 0 saturated carbocycles. The lowest BCUT2D eigenvalue weighted by molar-refractivity contribution is -0.137. The molecule has 0 fully saturated rings. The standard InChI is InChI=1S/C23H21F3N4O2/c1-14-10-20(30(29-14)18-6-3-5-17(13-18)23(24,25)26)28-21(31)7-2-4-15-8-9-19-16(11-15)12-22(32)27-19/h3,5-6,8-11,13H,2,4,7,12H2,1H3,(H,27,32)(H,28,31). The quantitative estimate of drug-likeness (QED) is 0.583. The largest absolute Gasteiger partial charge is 0.416 e. The van der Waals surface area contributed by atoms with Crippen molar-refractivity contribution in [1.82, 2.24) is 9.78 Å². The first-order chi connectivity index (χ1) is 15.2. The number of hydrogen-bond acceptors (Lipinski definition) is 3. The fourth-order valence-corrected chi connectivity index (χ4v) is 3.70. The van der Waals surface area contributed by atoms with Crippen LogP contribution in [0.2, 0.25) is 0 Å². The maximum Gasteiger partial charge on any atom is 0.416 e. The number of fused-ring (bicyclic) bond motifs is 1. The van der Waals surface area contributed by atoms with Crippen molar-refractivity contribution in [3.05, 3.63) is 70.9 Å². The van der Waals surface area contributed by atoms with E-state index in [9.17, 15) is 22.8 Å². The molecule has 1 aromatic heterocycles. The molecule has 166 valence electrons. The number of alkyl halides is 3. The summed E-state index contributed by atoms with van der Waals surface area (Å²) in [5.41, 5.74) is 2.82. The summed E-state index contributed by atoms with van der Waals surface area (Å²) in [6, 6.07) is 12.2. The van der Waals surface area contributed by atoms with Crippen LogP contribution in [0, 0.1) is 6.92 Å². The van der Waals surface area contributed by atoms with E-state index in [1.807, 2.05) is 18.2 Å². The molecule has 0 spiro atoms. The van der Waals surface area contributed by atoms with Gasteiger partial charge in [0.2, 0.25) is 11.8 Å². The monoisotopic (exact) mass is 442 g/mol. The van der Waals surface area contributed by atoms with Gasteiger partial charge in [0, 0.05) is 18.2 Å². The minimum absolute atomic E-state index is 0.0239. The molecule has 0 unspecified atom stereocenters. The van der Waals surface area contributed by atoms with E-state index in [4.69, 9.17) is 0 Å². The van der Waals surface area contributed by atoms with Crippen molar-refractivity contribution in [3.8, 4) is 5.69 Å². The van der Waals surface area contributed by atoms with Gasteiger partial charge in [0.1, 0.15) is 5.82 Å². The van der Waals surface area contributed by atoms with E-state index >= 15 is 0 Å². The van der Waals surface area contributed by atoms with E-state index in [1.54, 1.807) is 13.0 Å². The first kappa shape index (κ1) is 21.6. The summed E-state index contributed by atoms with van der Waals surface area (Å²) in [7, 11) is 0. The minimum Gasteiger partial charge on any atom is -0.326 e. The molecule has 3 aromatic rings. The van der Waals surface area contributed by atoms with Crippen molar-refractivity contribution in [2.24, 2.45) is 0 Å². The van der Waals surface area contributed by atoms with Crippen molar-refractivity contribution < 1.29 is 22.8 Å². The molecule has 4 rings (SSSR count). The highest BCUT2D eigenvalue weighted by atomic mass is 19.4. The Morgan fingerprint density at radius 2 is 2.00 bits per heavy atom. The van der Waals surface area contributed by atoms with E-state index in [0.29, 0.717) is 30.8 Å². The van der Waals surface area contributed by atoms with Gasteiger partial charge in [0.05, 0.1) is 23.4 Å². The number of anilines is 2. The topological polar surface area (TPSA) is 76.0 Å². The summed E-state index contributed by atoms with van der Waals surface area (Å²) in [5, 5.41) is 9.76. The van der Waals surface area contributed by atoms with Gasteiger partial charge in [0.25, 0.3) is 0 Å². The minimum atomic E-state index is -4.47. The van der Waals surface area contributed by atoms with Gasteiger partial charge in [0.15, 0.2) is 0 Å². The number of carbonyl (C=O) groups excluding carboxylic acids is 2. The van der Waals surface area contributed by atoms with Gasteiger partial charge in [-0.1, -0.05) is 18.2 Å². The lowest BCUT2D eigenvalue weighted by Gasteiger charge is -2.12. The van der Waals surface area contributed by atoms with Gasteiger partial charge in [-0.25, -0.2) is 4.68 Å². The molecule has 6 nitrogen and oxygen atoms in total. The zero-order chi connectivity index (χ0) is 22.9. The summed E-state index contributed by atoms with van der Waals surface area (Å²) in [5.74, 6) is 0.0364. The molecule has 9 heteroatoms. The smallest absolute Gasteiger partial charge is 0.326 e. The van der Waals surface area contributed by atoms with Gasteiger partial charge in [-0.15, -0.1) is 0 Å². The van der Waals surface area contributed by atoms with Crippen LogP contribution >= 0.6 is 0 Å². The fourth-order valence-electron chi connectivity index (χ4n) is 3.70. The average molecular weight is 442 g/mol. The van der Waals surface area contributed by atoms with Gasteiger partial charge in [-0.05, 0) is 55.2 Å². The van der Waals surface area contributed by atoms with Crippen LogP contribution in [0.15, 0.2) is 48.5 Å². The molecular formula is C23H21F3N4O2. The summed E-state index contributed by atoms with van der Waals surface area (Å²) in [4.78, 5) is 23.9. The summed E-state index contributed by atoms with van der Waals surface area (Å²) >= 11 is 0. The fraction of sp³-hybridized carbons (Fsp3) is 0.261. The second kappa shape index (κ2) is 8.49. The Labute approximate surface area is 182 Å². The van der Waals surface area contributed by atoms with Crippen LogP contribution in [0.3, 0.4) is 0 Å². The Morgan fingerprint density at radius 1 is 1.19 bits per heavy atom. The van der Waals surface area contributed by atoms with Crippen LogP contribution in [0.25, 0.3) is 5.69 Å². The Balaban J connectivity index is 1.39. The van der Waals surface area contributed by atoms with Crippen LogP contribution in [0.4, 0.5) is 24.7 Å². The number of hydrogen-bond donors (Lipinski definition) is 2. The molecule has 2 aromatic carbocycles. The number of amides is 2. The highest BCUT2D eigenvalue weighted by Gasteiger charge is 2.30. The Morgan fingerprint density at radius 3 is 2.78 bits per heavy atom. The molecule has 1 aliphatic heterocycles. The maximum atomic E-state index is 13.1. The second-order valence-corrected chi connectivity index (χ2v) is 7.75. The van der Waals surface area contributed by atoms with E-state index < -0.39 is 11.7 Å². The molecule has 2 N–H and O–H groups in total. The third kappa shape index (κ3) is 4.82. The highest BCUT2D eigenvalue weighted by Crippen LogP contribution is 2.31. The van der Waals surface area contributed by atoms with Crippen LogP contribution < -0.4 is 10.6 Å². The van der Waals surface area contributed by atoms with Crippen LogP contribution in [-0.2, 0) is 28.6 Å². The SMILES string of the molecule is Cc1cc(NC(=O)CCCc2ccc3c(c2)CC(=O)N3)n(-c2cccc(C(F)(F)F)c2)n1. The van der Waals surface area contributed by atoms with Crippen LogP contribution in [0.1, 0.15) is 35.2 Å². The Kier molecular flexibility index (Phi) is 5.73. The molecular weight excluding hydrogens is 421 g/mol. The number of nitrogens with one attached hydrogen (secondary N) is 2. The number of aromatic nitrogens is 2. The number of benzene rings is 2. The van der Waals surface area contributed by atoms with Gasteiger partial charge >= 0.3 is 6.18 Å². The van der Waals surface area contributed by atoms with Crippen molar-refractivity contribution in [1.29, 1.82) is 0 Å². The zero-order valence-electron chi connectivity index (χ0n) is 17.3. The van der Waals surface area contributed by atoms with Gasteiger partial charge < -0.3 is 10.6 Å². The molecule has 2 heterocycles. The first-order valence-corrected chi connectivity index (χ1v) is 10.1. The Hall–Kier alpha value is -3.62. The molecule has 0 atom stereocenters. The summed E-state index contributed by atoms with van der Waals surface area (Å²) in [6.07, 6.45) is -2.62.